The average Bonchev–Trinajstić information content (AvgIpc) is 3.28. The fraction of sp³-hybridized carbons (Fsp3) is 0.600. The zero-order chi connectivity index (χ0) is 22.2. The molecule has 2 aliphatic rings. The van der Waals surface area contributed by atoms with Gasteiger partial charge in [-0.25, -0.2) is 4.68 Å². The number of aromatic nitrogens is 5. The third kappa shape index (κ3) is 3.87. The van der Waals surface area contributed by atoms with Crippen LogP contribution in [0.1, 0.15) is 86.5 Å². The highest BCUT2D eigenvalue weighted by Gasteiger charge is 2.34. The Balaban J connectivity index is 1.65. The Bertz CT molecular complexity index is 1160. The van der Waals surface area contributed by atoms with Crippen LogP contribution in [0.4, 0.5) is 0 Å². The van der Waals surface area contributed by atoms with E-state index in [1.54, 1.807) is 0 Å². The van der Waals surface area contributed by atoms with Gasteiger partial charge in [0.25, 0.3) is 5.56 Å². The van der Waals surface area contributed by atoms with E-state index in [9.17, 15) is 4.79 Å². The van der Waals surface area contributed by atoms with E-state index in [1.165, 1.54) is 31.2 Å². The van der Waals surface area contributed by atoms with Crippen LogP contribution < -0.4 is 5.56 Å². The van der Waals surface area contributed by atoms with Crippen molar-refractivity contribution in [3.05, 3.63) is 51.1 Å². The molecule has 1 aliphatic carbocycles. The summed E-state index contributed by atoms with van der Waals surface area (Å²) in [6, 6.07) is 6.40. The Labute approximate surface area is 189 Å². The van der Waals surface area contributed by atoms with Gasteiger partial charge in [-0.3, -0.25) is 9.69 Å². The molecule has 0 amide bonds. The Morgan fingerprint density at radius 3 is 2.69 bits per heavy atom. The maximum atomic E-state index is 13.5. The quantitative estimate of drug-likeness (QED) is 0.656. The Morgan fingerprint density at radius 2 is 1.91 bits per heavy atom. The number of hydrogen-bond donors (Lipinski definition) is 1. The number of pyridine rings is 1. The molecule has 2 atom stereocenters. The van der Waals surface area contributed by atoms with Gasteiger partial charge in [-0.1, -0.05) is 38.3 Å². The van der Waals surface area contributed by atoms with Crippen molar-refractivity contribution in [1.29, 1.82) is 0 Å². The summed E-state index contributed by atoms with van der Waals surface area (Å²) in [7, 11) is 0. The maximum Gasteiger partial charge on any atom is 0.253 e. The minimum absolute atomic E-state index is 0.0346. The normalized spacial score (nSPS) is 21.8. The smallest absolute Gasteiger partial charge is 0.253 e. The number of aromatic amines is 1. The Hall–Kier alpha value is -2.54. The minimum Gasteiger partial charge on any atom is -0.321 e. The van der Waals surface area contributed by atoms with Crippen molar-refractivity contribution in [3.8, 4) is 0 Å². The second-order valence-corrected chi connectivity index (χ2v) is 9.94. The summed E-state index contributed by atoms with van der Waals surface area (Å²) < 4.78 is 2.03. The van der Waals surface area contributed by atoms with Crippen LogP contribution in [0.25, 0.3) is 10.9 Å². The van der Waals surface area contributed by atoms with E-state index in [0.717, 1.165) is 60.2 Å². The summed E-state index contributed by atoms with van der Waals surface area (Å²) in [6.45, 7) is 8.35. The standard InChI is InChI=1S/C25H34N6O/c1-16-8-7-13-30(15-16)23(24-27-28-29-31(24)20-9-5-4-6-10-20)21-14-19-12-11-17(2)18(3)22(19)26-25(21)32/h11-12,14,16,20,23H,4-10,13,15H2,1-3H3,(H,26,32)/t16-,23+/m0/s1. The molecule has 0 bridgehead atoms. The average molecular weight is 435 g/mol. The highest BCUT2D eigenvalue weighted by molar-refractivity contribution is 5.83. The first kappa shape index (κ1) is 21.3. The lowest BCUT2D eigenvalue weighted by Crippen LogP contribution is -2.41. The zero-order valence-electron chi connectivity index (χ0n) is 19.5. The summed E-state index contributed by atoms with van der Waals surface area (Å²) in [5, 5.41) is 14.1. The minimum atomic E-state index is -0.232. The predicted molar refractivity (Wildman–Crippen MR) is 126 cm³/mol. The molecule has 5 rings (SSSR count). The second kappa shape index (κ2) is 8.77. The summed E-state index contributed by atoms with van der Waals surface area (Å²) >= 11 is 0. The highest BCUT2D eigenvalue weighted by Crippen LogP contribution is 2.35. The van der Waals surface area contributed by atoms with Crippen LogP contribution in [0, 0.1) is 19.8 Å². The molecule has 7 heteroatoms. The van der Waals surface area contributed by atoms with Gasteiger partial charge in [0.05, 0.1) is 11.6 Å². The molecule has 3 heterocycles. The van der Waals surface area contributed by atoms with Crippen molar-refractivity contribution in [2.75, 3.05) is 13.1 Å². The molecule has 0 unspecified atom stereocenters. The van der Waals surface area contributed by atoms with Gasteiger partial charge in [0.1, 0.15) is 6.04 Å². The fourth-order valence-corrected chi connectivity index (χ4v) is 5.67. The maximum absolute atomic E-state index is 13.5. The number of nitrogens with zero attached hydrogens (tertiary/aromatic N) is 5. The fourth-order valence-electron chi connectivity index (χ4n) is 5.67. The van der Waals surface area contributed by atoms with Crippen LogP contribution in [0.15, 0.2) is 23.0 Å². The number of fused-ring (bicyclic) bond motifs is 1. The van der Waals surface area contributed by atoms with Gasteiger partial charge in [-0.2, -0.15) is 0 Å². The number of likely N-dealkylation sites (tertiary alicyclic amines) is 1. The molecule has 2 aromatic heterocycles. The number of tetrazole rings is 1. The van der Waals surface area contributed by atoms with Crippen LogP contribution in [-0.2, 0) is 0 Å². The van der Waals surface area contributed by atoms with E-state index in [4.69, 9.17) is 0 Å². The van der Waals surface area contributed by atoms with Crippen LogP contribution in [0.5, 0.6) is 0 Å². The van der Waals surface area contributed by atoms with E-state index in [-0.39, 0.29) is 11.6 Å². The zero-order valence-corrected chi connectivity index (χ0v) is 19.5. The van der Waals surface area contributed by atoms with Crippen molar-refractivity contribution in [2.24, 2.45) is 5.92 Å². The van der Waals surface area contributed by atoms with Gasteiger partial charge in [-0.15, -0.1) is 5.10 Å². The first-order valence-corrected chi connectivity index (χ1v) is 12.2. The summed E-state index contributed by atoms with van der Waals surface area (Å²) in [5.41, 5.74) is 3.95. The second-order valence-electron chi connectivity index (χ2n) is 9.94. The van der Waals surface area contributed by atoms with Crippen molar-refractivity contribution in [2.45, 2.75) is 77.8 Å². The van der Waals surface area contributed by atoms with Crippen LogP contribution in [-0.4, -0.2) is 43.2 Å². The number of rotatable bonds is 4. The molecule has 1 saturated heterocycles. The highest BCUT2D eigenvalue weighted by atomic mass is 16.1. The molecular weight excluding hydrogens is 400 g/mol. The number of aryl methyl sites for hydroxylation is 2. The molecule has 170 valence electrons. The summed E-state index contributed by atoms with van der Waals surface area (Å²) in [4.78, 5) is 19.1. The van der Waals surface area contributed by atoms with E-state index in [1.807, 2.05) is 4.68 Å². The van der Waals surface area contributed by atoms with Crippen molar-refractivity contribution < 1.29 is 0 Å². The number of hydrogen-bond acceptors (Lipinski definition) is 5. The lowest BCUT2D eigenvalue weighted by atomic mass is 9.93. The van der Waals surface area contributed by atoms with Crippen LogP contribution in [0.3, 0.4) is 0 Å². The molecule has 3 aromatic rings. The molecule has 2 fully saturated rings. The Kier molecular flexibility index (Phi) is 5.84. The van der Waals surface area contributed by atoms with Crippen LogP contribution in [0.2, 0.25) is 0 Å². The number of H-pyrrole nitrogens is 1. The topological polar surface area (TPSA) is 79.7 Å². The lowest BCUT2D eigenvalue weighted by molar-refractivity contribution is 0.138. The van der Waals surface area contributed by atoms with E-state index < -0.39 is 0 Å². The van der Waals surface area contributed by atoms with Gasteiger partial charge >= 0.3 is 0 Å². The van der Waals surface area contributed by atoms with E-state index >= 15 is 0 Å². The van der Waals surface area contributed by atoms with Crippen LogP contribution >= 0.6 is 0 Å². The third-order valence-corrected chi connectivity index (χ3v) is 7.61. The van der Waals surface area contributed by atoms with E-state index in [2.05, 4.69) is 64.4 Å². The number of nitrogens with one attached hydrogen (secondary N) is 1. The third-order valence-electron chi connectivity index (χ3n) is 7.61. The molecule has 1 aliphatic heterocycles. The molecule has 0 radical (unpaired) electrons. The molecule has 0 spiro atoms. The predicted octanol–water partition coefficient (Wildman–Crippen LogP) is 4.46. The van der Waals surface area contributed by atoms with Crippen molar-refractivity contribution in [3.63, 3.8) is 0 Å². The number of piperidine rings is 1. The largest absolute Gasteiger partial charge is 0.321 e. The van der Waals surface area contributed by atoms with Gasteiger partial charge in [-0.05, 0) is 85.0 Å². The van der Waals surface area contributed by atoms with E-state index in [0.29, 0.717) is 12.0 Å². The summed E-state index contributed by atoms with van der Waals surface area (Å²) in [5.74, 6) is 1.41. The summed E-state index contributed by atoms with van der Waals surface area (Å²) in [6.07, 6.45) is 8.27. The lowest BCUT2D eigenvalue weighted by Gasteiger charge is -2.37. The van der Waals surface area contributed by atoms with Gasteiger partial charge in [0, 0.05) is 12.1 Å². The van der Waals surface area contributed by atoms with Gasteiger partial charge in [0.15, 0.2) is 5.82 Å². The SMILES string of the molecule is Cc1ccc2cc([C@H](c3nnnn3C3CCCCC3)N3CCC[C@H](C)C3)c(=O)[nH]c2c1C. The van der Waals surface area contributed by atoms with Gasteiger partial charge in [0.2, 0.25) is 0 Å². The molecule has 1 aromatic carbocycles. The molecule has 1 N–H and O–H groups in total. The first-order chi connectivity index (χ1) is 15.5. The molecule has 7 nitrogen and oxygen atoms in total. The molecule has 32 heavy (non-hydrogen) atoms. The van der Waals surface area contributed by atoms with Crippen molar-refractivity contribution >= 4 is 10.9 Å². The van der Waals surface area contributed by atoms with Crippen molar-refractivity contribution in [1.82, 2.24) is 30.1 Å². The first-order valence-electron chi connectivity index (χ1n) is 12.2. The Morgan fingerprint density at radius 1 is 1.09 bits per heavy atom. The number of benzene rings is 1. The molecular formula is C25H34N6O. The van der Waals surface area contributed by atoms with Gasteiger partial charge < -0.3 is 4.98 Å². The molecule has 1 saturated carbocycles. The monoisotopic (exact) mass is 434 g/mol.